The summed E-state index contributed by atoms with van der Waals surface area (Å²) in [7, 11) is 0. The van der Waals surface area contributed by atoms with Gasteiger partial charge in [0.25, 0.3) is 0 Å². The predicted molar refractivity (Wildman–Crippen MR) is 134 cm³/mol. The summed E-state index contributed by atoms with van der Waals surface area (Å²) in [6, 6.07) is 14.4. The molecule has 2 aromatic rings. The van der Waals surface area contributed by atoms with Gasteiger partial charge in [-0.3, -0.25) is 14.5 Å². The second-order valence-electron chi connectivity index (χ2n) is 10.5. The van der Waals surface area contributed by atoms with E-state index in [0.717, 1.165) is 36.2 Å². The summed E-state index contributed by atoms with van der Waals surface area (Å²) in [6.45, 7) is 8.75. The van der Waals surface area contributed by atoms with Crippen molar-refractivity contribution in [3.05, 3.63) is 59.2 Å². The van der Waals surface area contributed by atoms with E-state index in [1.165, 1.54) is 17.5 Å². The van der Waals surface area contributed by atoms with E-state index in [2.05, 4.69) is 51.2 Å². The van der Waals surface area contributed by atoms with Crippen molar-refractivity contribution in [2.24, 2.45) is 11.3 Å². The lowest BCUT2D eigenvalue weighted by molar-refractivity contribution is -0.117. The molecule has 32 heavy (non-hydrogen) atoms. The van der Waals surface area contributed by atoms with Crippen molar-refractivity contribution >= 4 is 35.0 Å². The van der Waals surface area contributed by atoms with Gasteiger partial charge in [0.15, 0.2) is 0 Å². The van der Waals surface area contributed by atoms with E-state index in [9.17, 15) is 9.59 Å². The molecule has 1 heterocycles. The van der Waals surface area contributed by atoms with Crippen LogP contribution in [0.25, 0.3) is 0 Å². The van der Waals surface area contributed by atoms with Crippen LogP contribution in [0.15, 0.2) is 42.5 Å². The fourth-order valence-electron chi connectivity index (χ4n) is 5.03. The highest BCUT2D eigenvalue weighted by Gasteiger charge is 2.34. The summed E-state index contributed by atoms with van der Waals surface area (Å²) in [5, 5.41) is 3.00. The number of hydrogen-bond acceptors (Lipinski definition) is 3. The van der Waals surface area contributed by atoms with Crippen molar-refractivity contribution in [3.8, 4) is 0 Å². The van der Waals surface area contributed by atoms with E-state index < -0.39 is 0 Å². The lowest BCUT2D eigenvalue weighted by Crippen LogP contribution is -2.27. The van der Waals surface area contributed by atoms with Crippen LogP contribution in [-0.4, -0.2) is 17.6 Å². The third-order valence-corrected chi connectivity index (χ3v) is 7.41. The van der Waals surface area contributed by atoms with Gasteiger partial charge >= 0.3 is 0 Å². The number of carbonyl (C=O) groups is 2. The number of nitrogens with one attached hydrogen (secondary N) is 1. The van der Waals surface area contributed by atoms with Crippen molar-refractivity contribution in [2.75, 3.05) is 16.0 Å². The number of anilines is 2. The van der Waals surface area contributed by atoms with Crippen LogP contribution in [0.3, 0.4) is 0 Å². The van der Waals surface area contributed by atoms with Crippen LogP contribution in [0.5, 0.6) is 0 Å². The van der Waals surface area contributed by atoms with Crippen LogP contribution < -0.4 is 10.2 Å². The molecule has 1 aliphatic carbocycles. The number of rotatable bonds is 6. The Morgan fingerprint density at radius 2 is 1.84 bits per heavy atom. The lowest BCUT2D eigenvalue weighted by atomic mass is 9.84. The molecule has 0 bridgehead atoms. The number of nitrogens with zero attached hydrogens (tertiary/aromatic N) is 1. The topological polar surface area (TPSA) is 49.4 Å². The molecule has 2 unspecified atom stereocenters. The summed E-state index contributed by atoms with van der Waals surface area (Å²) < 4.78 is 0. The summed E-state index contributed by atoms with van der Waals surface area (Å²) in [4.78, 5) is 27.1. The van der Waals surface area contributed by atoms with Gasteiger partial charge < -0.3 is 5.32 Å². The van der Waals surface area contributed by atoms with E-state index >= 15 is 0 Å². The summed E-state index contributed by atoms with van der Waals surface area (Å²) in [5.74, 6) is 1.05. The molecule has 1 saturated heterocycles. The van der Waals surface area contributed by atoms with Crippen molar-refractivity contribution < 1.29 is 9.59 Å². The molecule has 4 rings (SSSR count). The Kier molecular flexibility index (Phi) is 6.66. The summed E-state index contributed by atoms with van der Waals surface area (Å²) in [5.41, 5.74) is 5.91. The Hall–Kier alpha value is -2.27. The van der Waals surface area contributed by atoms with Gasteiger partial charge in [-0.2, -0.15) is 0 Å². The lowest BCUT2D eigenvalue weighted by Gasteiger charge is -2.25. The maximum Gasteiger partial charge on any atom is 0.238 e. The average molecular weight is 451 g/mol. The largest absolute Gasteiger partial charge is 0.326 e. The zero-order valence-electron chi connectivity index (χ0n) is 19.6. The third-order valence-electron chi connectivity index (χ3n) is 6.20. The highest BCUT2D eigenvalue weighted by Crippen LogP contribution is 2.43. The molecule has 0 aromatic heterocycles. The van der Waals surface area contributed by atoms with Crippen LogP contribution >= 0.6 is 11.8 Å². The molecule has 0 spiro atoms. The van der Waals surface area contributed by atoms with Crippen LogP contribution in [0.2, 0.25) is 0 Å². The molecule has 0 saturated carbocycles. The van der Waals surface area contributed by atoms with Gasteiger partial charge in [0.2, 0.25) is 11.8 Å². The van der Waals surface area contributed by atoms with Gasteiger partial charge in [0, 0.05) is 17.8 Å². The molecular formula is C27H34N2O2S. The second-order valence-corrected chi connectivity index (χ2v) is 11.5. The van der Waals surface area contributed by atoms with Gasteiger partial charge in [-0.1, -0.05) is 45.9 Å². The number of thioether (sulfide) groups is 1. The monoisotopic (exact) mass is 450 g/mol. The first-order chi connectivity index (χ1) is 15.2. The molecule has 1 aliphatic heterocycles. The maximum absolute atomic E-state index is 12.7. The number of benzene rings is 2. The quantitative estimate of drug-likeness (QED) is 0.557. The van der Waals surface area contributed by atoms with E-state index in [1.807, 2.05) is 29.2 Å². The summed E-state index contributed by atoms with van der Waals surface area (Å²) in [6.07, 6.45) is 4.99. The zero-order chi connectivity index (χ0) is 22.9. The van der Waals surface area contributed by atoms with Crippen LogP contribution in [-0.2, 0) is 22.4 Å². The van der Waals surface area contributed by atoms with Gasteiger partial charge in [0.1, 0.15) is 5.37 Å². The van der Waals surface area contributed by atoms with Crippen molar-refractivity contribution in [2.45, 2.75) is 65.2 Å². The van der Waals surface area contributed by atoms with Crippen molar-refractivity contribution in [1.29, 1.82) is 0 Å². The Morgan fingerprint density at radius 1 is 1.12 bits per heavy atom. The van der Waals surface area contributed by atoms with E-state index in [0.29, 0.717) is 18.1 Å². The standard InChI is InChI=1S/C27H34N2O2S/c1-18(16-27(2,3)4)14-24(30)28-22-11-8-20(9-12-22)26-29(25(31)17-32-26)23-13-10-19-6-5-7-21(19)15-23/h8-13,15,18,26H,5-7,14,16-17H2,1-4H3,(H,28,30). The molecular weight excluding hydrogens is 416 g/mol. The minimum absolute atomic E-state index is 0.0292. The van der Waals surface area contributed by atoms with Crippen molar-refractivity contribution in [1.82, 2.24) is 0 Å². The molecule has 2 aromatic carbocycles. The Balaban J connectivity index is 1.43. The molecule has 2 atom stereocenters. The van der Waals surface area contributed by atoms with Crippen molar-refractivity contribution in [3.63, 3.8) is 0 Å². The molecule has 4 nitrogen and oxygen atoms in total. The molecule has 1 fully saturated rings. The second kappa shape index (κ2) is 9.30. The molecule has 1 N–H and O–H groups in total. The number of aryl methyl sites for hydroxylation is 2. The Labute approximate surface area is 196 Å². The molecule has 0 radical (unpaired) electrons. The van der Waals surface area contributed by atoms with E-state index in [-0.39, 0.29) is 22.6 Å². The molecule has 2 amide bonds. The molecule has 2 aliphatic rings. The fraction of sp³-hybridized carbons (Fsp3) is 0.481. The zero-order valence-corrected chi connectivity index (χ0v) is 20.4. The number of fused-ring (bicyclic) bond motifs is 1. The van der Waals surface area contributed by atoms with Crippen LogP contribution in [0.4, 0.5) is 11.4 Å². The van der Waals surface area contributed by atoms with E-state index in [4.69, 9.17) is 0 Å². The molecule has 170 valence electrons. The first-order valence-corrected chi connectivity index (χ1v) is 12.7. The van der Waals surface area contributed by atoms with Crippen LogP contribution in [0.1, 0.15) is 69.0 Å². The highest BCUT2D eigenvalue weighted by molar-refractivity contribution is 8.00. The average Bonchev–Trinajstić information content (AvgIpc) is 3.32. The third kappa shape index (κ3) is 5.37. The number of carbonyl (C=O) groups excluding carboxylic acids is 2. The first kappa shape index (κ1) is 22.9. The SMILES string of the molecule is CC(CC(=O)Nc1ccc(C2SCC(=O)N2c2ccc3c(c2)CCC3)cc1)CC(C)(C)C. The highest BCUT2D eigenvalue weighted by atomic mass is 32.2. The van der Waals surface area contributed by atoms with Gasteiger partial charge in [0.05, 0.1) is 5.75 Å². The Bertz CT molecular complexity index is 994. The van der Waals surface area contributed by atoms with Gasteiger partial charge in [-0.25, -0.2) is 0 Å². The minimum Gasteiger partial charge on any atom is -0.326 e. The Morgan fingerprint density at radius 3 is 2.56 bits per heavy atom. The first-order valence-electron chi connectivity index (χ1n) is 11.6. The minimum atomic E-state index is -0.0292. The smallest absolute Gasteiger partial charge is 0.238 e. The maximum atomic E-state index is 12.7. The summed E-state index contributed by atoms with van der Waals surface area (Å²) >= 11 is 1.66. The van der Waals surface area contributed by atoms with Crippen LogP contribution in [0, 0.1) is 11.3 Å². The number of hydrogen-bond donors (Lipinski definition) is 1. The van der Waals surface area contributed by atoms with Gasteiger partial charge in [-0.15, -0.1) is 11.8 Å². The number of amides is 2. The molecule has 5 heteroatoms. The normalized spacial score (nSPS) is 19.2. The predicted octanol–water partition coefficient (Wildman–Crippen LogP) is 6.35. The van der Waals surface area contributed by atoms with Gasteiger partial charge in [-0.05, 0) is 78.0 Å². The fourth-order valence-corrected chi connectivity index (χ4v) is 6.21. The van der Waals surface area contributed by atoms with E-state index in [1.54, 1.807) is 11.8 Å².